The molecule has 62 heavy (non-hydrogen) atoms. The fraction of sp³-hybridized carbons (Fsp3) is 0.933. The number of nitrogens with one attached hydrogen (secondary N) is 1. The first-order valence-electron chi connectivity index (χ1n) is 22.7. The largest absolute Gasteiger partial charge is 0.459 e. The van der Waals surface area contributed by atoms with Gasteiger partial charge in [0.2, 0.25) is 5.91 Å². The molecule has 0 aromatic rings. The number of carbonyl (C=O) groups excluding carboxylic acids is 3. The Labute approximate surface area is 371 Å². The molecule has 17 heteroatoms. The van der Waals surface area contributed by atoms with Crippen molar-refractivity contribution in [1.82, 2.24) is 15.1 Å². The Kier molecular flexibility index (Phi) is 20.1. The molecule has 4 N–H and O–H groups in total. The molecule has 0 radical (unpaired) electrons. The Morgan fingerprint density at radius 1 is 0.871 bits per heavy atom. The van der Waals surface area contributed by atoms with E-state index in [9.17, 15) is 29.7 Å². The molecule has 3 saturated heterocycles. The molecule has 3 fully saturated rings. The van der Waals surface area contributed by atoms with E-state index in [1.54, 1.807) is 27.7 Å². The molecule has 17 nitrogen and oxygen atoms in total. The maximum atomic E-state index is 14.5. The maximum absolute atomic E-state index is 14.5. The summed E-state index contributed by atoms with van der Waals surface area (Å²) in [5, 5.41) is 37.9. The standard InChI is InChI=1S/C45H83N3O14/c1-17-32-45(12,54)37(51)29(8)40(52)46-25(4)23-43(10,55-15)38(62-42-35(50)31(47(13)14)22-26(5)57-42)27(6)36(28(7)41(53)59-32)61-34-24-44(11,56-16)39(30(9)58-34)60-33(49)20-21-48(18-2)19-3/h25-32,34-39,42,50-51,54H,17-24H2,1-16H3,(H,46,52)/t25-,26-,27+,28-,29-,30+,31+,32-,34+,35-,36+,37-,38-,39+,42+,43-,44-,45-/m1/s1. The van der Waals surface area contributed by atoms with Gasteiger partial charge >= 0.3 is 11.9 Å². The van der Waals surface area contributed by atoms with Crippen molar-refractivity contribution in [2.45, 2.75) is 205 Å². The van der Waals surface area contributed by atoms with Crippen LogP contribution in [0.5, 0.6) is 0 Å². The normalized spacial score (nSPS) is 43.1. The molecular formula is C45H83N3O14. The molecule has 362 valence electrons. The van der Waals surface area contributed by atoms with Crippen molar-refractivity contribution in [2.75, 3.05) is 47.9 Å². The van der Waals surface area contributed by atoms with Gasteiger partial charge in [0.15, 0.2) is 18.7 Å². The smallest absolute Gasteiger partial charge is 0.311 e. The van der Waals surface area contributed by atoms with Gasteiger partial charge in [-0.1, -0.05) is 34.6 Å². The number of esters is 2. The lowest BCUT2D eigenvalue weighted by Crippen LogP contribution is -2.61. The average molecular weight is 890 g/mol. The van der Waals surface area contributed by atoms with Crippen molar-refractivity contribution in [2.24, 2.45) is 17.8 Å². The van der Waals surface area contributed by atoms with E-state index in [-0.39, 0.29) is 43.8 Å². The van der Waals surface area contributed by atoms with Crippen LogP contribution in [0.4, 0.5) is 0 Å². The van der Waals surface area contributed by atoms with Crippen LogP contribution >= 0.6 is 0 Å². The van der Waals surface area contributed by atoms with Crippen LogP contribution in [0.15, 0.2) is 0 Å². The van der Waals surface area contributed by atoms with E-state index in [0.717, 1.165) is 13.1 Å². The second-order valence-electron chi connectivity index (χ2n) is 19.0. The lowest BCUT2D eigenvalue weighted by Gasteiger charge is -2.50. The molecule has 0 bridgehead atoms. The molecule has 3 aliphatic rings. The predicted octanol–water partition coefficient (Wildman–Crippen LogP) is 3.02. The third kappa shape index (κ3) is 12.9. The Hall–Kier alpha value is -2.03. The van der Waals surface area contributed by atoms with Crippen LogP contribution in [0.3, 0.4) is 0 Å². The molecule has 0 unspecified atom stereocenters. The highest BCUT2D eigenvalue weighted by atomic mass is 16.7. The summed E-state index contributed by atoms with van der Waals surface area (Å²) in [5.41, 5.74) is -4.33. The summed E-state index contributed by atoms with van der Waals surface area (Å²) in [4.78, 5) is 45.4. The highest BCUT2D eigenvalue weighted by Gasteiger charge is 2.54. The Morgan fingerprint density at radius 2 is 1.47 bits per heavy atom. The first-order chi connectivity index (χ1) is 28.8. The van der Waals surface area contributed by atoms with Crippen LogP contribution in [0, 0.1) is 17.8 Å². The number of likely N-dealkylation sites (N-methyl/N-ethyl adjacent to an activating group) is 1. The number of hydrogen-bond donors (Lipinski definition) is 4. The van der Waals surface area contributed by atoms with Gasteiger partial charge in [-0.3, -0.25) is 14.4 Å². The highest BCUT2D eigenvalue weighted by molar-refractivity contribution is 5.79. The summed E-state index contributed by atoms with van der Waals surface area (Å²) < 4.78 is 51.1. The molecule has 0 aliphatic carbocycles. The van der Waals surface area contributed by atoms with E-state index >= 15 is 0 Å². The summed E-state index contributed by atoms with van der Waals surface area (Å²) in [5.74, 6) is -4.56. The summed E-state index contributed by atoms with van der Waals surface area (Å²) in [6.07, 6.45) is -8.68. The van der Waals surface area contributed by atoms with Crippen LogP contribution in [-0.4, -0.2) is 181 Å². The topological polar surface area (TPSA) is 204 Å². The van der Waals surface area contributed by atoms with E-state index in [1.165, 1.54) is 28.1 Å². The maximum Gasteiger partial charge on any atom is 0.311 e. The lowest BCUT2D eigenvalue weighted by molar-refractivity contribution is -0.320. The van der Waals surface area contributed by atoms with Crippen molar-refractivity contribution in [3.05, 3.63) is 0 Å². The monoisotopic (exact) mass is 890 g/mol. The van der Waals surface area contributed by atoms with Crippen molar-refractivity contribution in [3.8, 4) is 0 Å². The number of cyclic esters (lactones) is 1. The molecule has 1 amide bonds. The van der Waals surface area contributed by atoms with Crippen LogP contribution in [0.2, 0.25) is 0 Å². The zero-order chi connectivity index (χ0) is 47.1. The number of nitrogens with zero attached hydrogens (tertiary/aromatic N) is 2. The van der Waals surface area contributed by atoms with Gasteiger partial charge in [-0.15, -0.1) is 0 Å². The van der Waals surface area contributed by atoms with E-state index < -0.39 is 108 Å². The molecular weight excluding hydrogens is 807 g/mol. The van der Waals surface area contributed by atoms with E-state index in [0.29, 0.717) is 13.0 Å². The predicted molar refractivity (Wildman–Crippen MR) is 231 cm³/mol. The Balaban J connectivity index is 2.16. The van der Waals surface area contributed by atoms with E-state index in [2.05, 4.69) is 10.2 Å². The van der Waals surface area contributed by atoms with Crippen molar-refractivity contribution < 1.29 is 67.6 Å². The zero-order valence-electron chi connectivity index (χ0n) is 40.5. The number of aliphatic hydroxyl groups excluding tert-OH is 2. The molecule has 0 spiro atoms. The van der Waals surface area contributed by atoms with Crippen LogP contribution < -0.4 is 5.32 Å². The number of ether oxygens (including phenoxy) is 8. The van der Waals surface area contributed by atoms with Crippen molar-refractivity contribution in [3.63, 3.8) is 0 Å². The van der Waals surface area contributed by atoms with E-state index in [1.807, 2.05) is 60.5 Å². The summed E-state index contributed by atoms with van der Waals surface area (Å²) >= 11 is 0. The summed E-state index contributed by atoms with van der Waals surface area (Å²) in [6.45, 7) is 23.5. The molecule has 0 aromatic heterocycles. The second kappa shape index (κ2) is 22.9. The van der Waals surface area contributed by atoms with E-state index in [4.69, 9.17) is 37.9 Å². The van der Waals surface area contributed by atoms with Gasteiger partial charge in [0.25, 0.3) is 0 Å². The first kappa shape index (κ1) is 54.3. The number of aliphatic hydroxyl groups is 3. The molecule has 0 saturated carbocycles. The number of amides is 1. The highest BCUT2D eigenvalue weighted by Crippen LogP contribution is 2.41. The van der Waals surface area contributed by atoms with Gasteiger partial charge in [-0.25, -0.2) is 0 Å². The van der Waals surface area contributed by atoms with Crippen LogP contribution in [0.1, 0.15) is 115 Å². The minimum Gasteiger partial charge on any atom is -0.459 e. The number of methoxy groups -OCH3 is 2. The van der Waals surface area contributed by atoms with Gasteiger partial charge in [-0.2, -0.15) is 0 Å². The van der Waals surface area contributed by atoms with Crippen molar-refractivity contribution in [1.29, 1.82) is 0 Å². The van der Waals surface area contributed by atoms with Gasteiger partial charge in [0.05, 0.1) is 54.4 Å². The summed E-state index contributed by atoms with van der Waals surface area (Å²) in [6, 6.07) is -0.863. The minimum absolute atomic E-state index is 0.103. The van der Waals surface area contributed by atoms with Gasteiger partial charge in [-0.05, 0) is 94.9 Å². The van der Waals surface area contributed by atoms with Crippen molar-refractivity contribution >= 4 is 17.8 Å². The molecule has 3 aliphatic heterocycles. The van der Waals surface area contributed by atoms with Gasteiger partial charge in [0, 0.05) is 45.2 Å². The molecule has 0 aromatic carbocycles. The van der Waals surface area contributed by atoms with Crippen LogP contribution in [-0.2, 0) is 52.3 Å². The quantitative estimate of drug-likeness (QED) is 0.185. The van der Waals surface area contributed by atoms with Crippen LogP contribution in [0.25, 0.3) is 0 Å². The average Bonchev–Trinajstić information content (AvgIpc) is 3.21. The number of carbonyl (C=O) groups is 3. The van der Waals surface area contributed by atoms with Gasteiger partial charge in [0.1, 0.15) is 23.4 Å². The molecule has 3 rings (SSSR count). The summed E-state index contributed by atoms with van der Waals surface area (Å²) in [7, 11) is 6.83. The Bertz CT molecular complexity index is 1440. The Morgan fingerprint density at radius 3 is 2.02 bits per heavy atom. The fourth-order valence-corrected chi connectivity index (χ4v) is 9.65. The molecule has 3 heterocycles. The SMILES string of the molecule is CC[C@H]1OC(=O)[C@H](C)[C@@H](O[C@H]2C[C@@](C)(OC)[C@@H](OC(=O)CCN(CC)CC)[C@H](C)O2)[C@H](C)[C@@H](O[C@@H]2O[C@H](C)C[C@H](N(C)C)[C@H]2O)[C@](C)(OC)C[C@@H](C)NC(=O)[C@H](C)[C@@H](O)[C@]1(C)O. The fourth-order valence-electron chi connectivity index (χ4n) is 9.65. The third-order valence-corrected chi connectivity index (χ3v) is 13.9. The zero-order valence-corrected chi connectivity index (χ0v) is 40.5. The third-order valence-electron chi connectivity index (χ3n) is 13.9. The number of rotatable bonds is 14. The number of hydrogen-bond acceptors (Lipinski definition) is 16. The second-order valence-corrected chi connectivity index (χ2v) is 19.0. The minimum atomic E-state index is -2.02. The lowest BCUT2D eigenvalue weighted by atomic mass is 9.78. The first-order valence-corrected chi connectivity index (χ1v) is 22.7. The molecule has 18 atom stereocenters. The van der Waals surface area contributed by atoms with Gasteiger partial charge < -0.3 is 68.3 Å².